The second-order valence-corrected chi connectivity index (χ2v) is 4.63. The molecule has 2 aromatic rings. The van der Waals surface area contributed by atoms with E-state index in [1.54, 1.807) is 13.8 Å². The number of hydrogen-bond donors (Lipinski definition) is 1. The average molecular weight is 278 g/mol. The third-order valence-corrected chi connectivity index (χ3v) is 3.10. The number of nitrogens with zero attached hydrogens (tertiary/aromatic N) is 1. The number of aryl methyl sites for hydroxylation is 2. The Balaban J connectivity index is 2.35. The van der Waals surface area contributed by atoms with E-state index in [0.29, 0.717) is 5.76 Å². The zero-order chi connectivity index (χ0) is 14.9. The van der Waals surface area contributed by atoms with Crippen molar-refractivity contribution < 1.29 is 13.7 Å². The van der Waals surface area contributed by atoms with Crippen molar-refractivity contribution in [2.45, 2.75) is 26.8 Å². The summed E-state index contributed by atoms with van der Waals surface area (Å²) in [6.45, 7) is 5.42. The van der Waals surface area contributed by atoms with Crippen LogP contribution < -0.4 is 5.32 Å². The summed E-state index contributed by atoms with van der Waals surface area (Å²) in [7, 11) is 0. The van der Waals surface area contributed by atoms with Crippen LogP contribution in [0.3, 0.4) is 0 Å². The van der Waals surface area contributed by atoms with Gasteiger partial charge in [-0.25, -0.2) is 4.39 Å². The molecule has 20 heavy (non-hydrogen) atoms. The summed E-state index contributed by atoms with van der Waals surface area (Å²) in [4.78, 5) is 10.3. The molecule has 1 aromatic carbocycles. The zero-order valence-corrected chi connectivity index (χ0v) is 11.4. The van der Waals surface area contributed by atoms with Crippen molar-refractivity contribution in [3.05, 3.63) is 57.3 Å². The van der Waals surface area contributed by atoms with Gasteiger partial charge in [0.1, 0.15) is 17.2 Å². The molecule has 0 fully saturated rings. The summed E-state index contributed by atoms with van der Waals surface area (Å²) in [6, 6.07) is 5.31. The summed E-state index contributed by atoms with van der Waals surface area (Å²) in [5.74, 6) is 0.805. The van der Waals surface area contributed by atoms with Crippen LogP contribution >= 0.6 is 0 Å². The van der Waals surface area contributed by atoms with Crippen LogP contribution in [0.4, 0.5) is 15.8 Å². The molecule has 106 valence electrons. The number of nitro benzene ring substituents is 1. The first-order valence-corrected chi connectivity index (χ1v) is 6.16. The quantitative estimate of drug-likeness (QED) is 0.674. The topological polar surface area (TPSA) is 68.3 Å². The van der Waals surface area contributed by atoms with Crippen LogP contribution in [0.25, 0.3) is 0 Å². The number of furan rings is 1. The van der Waals surface area contributed by atoms with Gasteiger partial charge in [-0.3, -0.25) is 10.1 Å². The van der Waals surface area contributed by atoms with Gasteiger partial charge in [-0.05, 0) is 32.9 Å². The number of rotatable bonds is 4. The van der Waals surface area contributed by atoms with E-state index in [9.17, 15) is 14.5 Å². The SMILES string of the molecule is Cc1cc(C(C)Nc2c(F)cccc2[N+](=O)[O-])c(C)o1. The molecule has 1 unspecified atom stereocenters. The van der Waals surface area contributed by atoms with Gasteiger partial charge < -0.3 is 9.73 Å². The molecule has 0 aliphatic rings. The molecule has 0 aliphatic heterocycles. The summed E-state index contributed by atoms with van der Waals surface area (Å²) in [5, 5.41) is 13.8. The highest BCUT2D eigenvalue weighted by molar-refractivity contribution is 5.63. The van der Waals surface area contributed by atoms with E-state index in [1.165, 1.54) is 18.2 Å². The van der Waals surface area contributed by atoms with Gasteiger partial charge >= 0.3 is 0 Å². The van der Waals surface area contributed by atoms with Gasteiger partial charge in [0.05, 0.1) is 11.0 Å². The van der Waals surface area contributed by atoms with Crippen LogP contribution in [0.15, 0.2) is 28.7 Å². The number of anilines is 1. The minimum absolute atomic E-state index is 0.108. The normalized spacial score (nSPS) is 12.2. The van der Waals surface area contributed by atoms with Crippen molar-refractivity contribution in [1.82, 2.24) is 0 Å². The Morgan fingerprint density at radius 3 is 2.65 bits per heavy atom. The summed E-state index contributed by atoms with van der Waals surface area (Å²) in [5.41, 5.74) is 0.457. The number of benzene rings is 1. The highest BCUT2D eigenvalue weighted by atomic mass is 19.1. The molecular formula is C14H15FN2O3. The maximum absolute atomic E-state index is 13.8. The molecule has 0 aliphatic carbocycles. The number of halogens is 1. The fourth-order valence-electron chi connectivity index (χ4n) is 2.18. The Hall–Kier alpha value is -2.37. The van der Waals surface area contributed by atoms with Gasteiger partial charge in [-0.15, -0.1) is 0 Å². The Labute approximate surface area is 115 Å². The first kappa shape index (κ1) is 14.0. The van der Waals surface area contributed by atoms with Crippen LogP contribution in [0.2, 0.25) is 0 Å². The molecule has 0 spiro atoms. The fraction of sp³-hybridized carbons (Fsp3) is 0.286. The molecule has 0 saturated heterocycles. The lowest BCUT2D eigenvalue weighted by Gasteiger charge is -2.15. The molecule has 5 nitrogen and oxygen atoms in total. The zero-order valence-electron chi connectivity index (χ0n) is 11.4. The monoisotopic (exact) mass is 278 g/mol. The van der Waals surface area contributed by atoms with Gasteiger partial charge in [-0.2, -0.15) is 0 Å². The standard InChI is InChI=1S/C14H15FN2O3/c1-8-7-11(10(3)20-8)9(2)16-14-12(15)5-4-6-13(14)17(18)19/h4-7,9,16H,1-3H3. The molecule has 1 heterocycles. The van der Waals surface area contributed by atoms with Crippen LogP contribution in [0.1, 0.15) is 30.0 Å². The Morgan fingerprint density at radius 1 is 1.40 bits per heavy atom. The van der Waals surface area contributed by atoms with E-state index in [0.717, 1.165) is 11.3 Å². The van der Waals surface area contributed by atoms with Gasteiger partial charge in [0.2, 0.25) is 0 Å². The number of para-hydroxylation sites is 1. The van der Waals surface area contributed by atoms with E-state index < -0.39 is 10.7 Å². The van der Waals surface area contributed by atoms with Crippen molar-refractivity contribution in [3.63, 3.8) is 0 Å². The van der Waals surface area contributed by atoms with E-state index in [1.807, 2.05) is 13.0 Å². The van der Waals surface area contributed by atoms with Crippen molar-refractivity contribution in [2.75, 3.05) is 5.32 Å². The molecule has 1 N–H and O–H groups in total. The average Bonchev–Trinajstić information content (AvgIpc) is 2.70. The first-order chi connectivity index (χ1) is 9.40. The van der Waals surface area contributed by atoms with E-state index in [4.69, 9.17) is 4.42 Å². The fourth-order valence-corrected chi connectivity index (χ4v) is 2.18. The van der Waals surface area contributed by atoms with Crippen molar-refractivity contribution >= 4 is 11.4 Å². The third-order valence-electron chi connectivity index (χ3n) is 3.10. The van der Waals surface area contributed by atoms with Gasteiger partial charge in [0.25, 0.3) is 5.69 Å². The van der Waals surface area contributed by atoms with Crippen molar-refractivity contribution in [3.8, 4) is 0 Å². The lowest BCUT2D eigenvalue weighted by molar-refractivity contribution is -0.384. The highest BCUT2D eigenvalue weighted by Crippen LogP contribution is 2.32. The predicted octanol–water partition coefficient (Wildman–Crippen LogP) is 4.12. The third kappa shape index (κ3) is 2.64. The molecule has 1 aromatic heterocycles. The lowest BCUT2D eigenvalue weighted by atomic mass is 10.1. The lowest BCUT2D eigenvalue weighted by Crippen LogP contribution is -2.10. The van der Waals surface area contributed by atoms with E-state index in [2.05, 4.69) is 5.32 Å². The summed E-state index contributed by atoms with van der Waals surface area (Å²) in [6.07, 6.45) is 0. The number of nitro groups is 1. The molecule has 0 amide bonds. The first-order valence-electron chi connectivity index (χ1n) is 6.16. The molecule has 0 radical (unpaired) electrons. The minimum atomic E-state index is -0.649. The van der Waals surface area contributed by atoms with Gasteiger partial charge in [0.15, 0.2) is 5.82 Å². The maximum Gasteiger partial charge on any atom is 0.295 e. The minimum Gasteiger partial charge on any atom is -0.466 e. The maximum atomic E-state index is 13.8. The smallest absolute Gasteiger partial charge is 0.295 e. The van der Waals surface area contributed by atoms with Gasteiger partial charge in [0, 0.05) is 11.6 Å². The number of hydrogen-bond acceptors (Lipinski definition) is 4. The van der Waals surface area contributed by atoms with Crippen molar-refractivity contribution in [2.24, 2.45) is 0 Å². The van der Waals surface area contributed by atoms with Crippen LogP contribution in [-0.2, 0) is 0 Å². The highest BCUT2D eigenvalue weighted by Gasteiger charge is 2.21. The van der Waals surface area contributed by atoms with E-state index in [-0.39, 0.29) is 17.4 Å². The van der Waals surface area contributed by atoms with Crippen LogP contribution in [-0.4, -0.2) is 4.92 Å². The predicted molar refractivity (Wildman–Crippen MR) is 73.3 cm³/mol. The van der Waals surface area contributed by atoms with Crippen LogP contribution in [0, 0.1) is 29.8 Å². The molecule has 1 atom stereocenters. The Morgan fingerprint density at radius 2 is 2.10 bits per heavy atom. The molecular weight excluding hydrogens is 263 g/mol. The molecule has 6 heteroatoms. The van der Waals surface area contributed by atoms with Crippen LogP contribution in [0.5, 0.6) is 0 Å². The largest absolute Gasteiger partial charge is 0.466 e. The van der Waals surface area contributed by atoms with E-state index >= 15 is 0 Å². The Kier molecular flexibility index (Phi) is 3.74. The van der Waals surface area contributed by atoms with Crippen molar-refractivity contribution in [1.29, 1.82) is 0 Å². The second kappa shape index (κ2) is 5.32. The summed E-state index contributed by atoms with van der Waals surface area (Å²) >= 11 is 0. The molecule has 0 saturated carbocycles. The second-order valence-electron chi connectivity index (χ2n) is 4.63. The molecule has 0 bridgehead atoms. The Bertz CT molecular complexity index is 652. The molecule has 2 rings (SSSR count). The number of nitrogens with one attached hydrogen (secondary N) is 1. The van der Waals surface area contributed by atoms with Gasteiger partial charge in [-0.1, -0.05) is 6.07 Å². The summed E-state index contributed by atoms with van der Waals surface area (Å²) < 4.78 is 19.2.